The van der Waals surface area contributed by atoms with Crippen LogP contribution in [0.15, 0.2) is 0 Å². The Balaban J connectivity index is 2.01. The Morgan fingerprint density at radius 1 is 1.06 bits per heavy atom. The molecule has 0 radical (unpaired) electrons. The number of carbonyl (C=O) groups excluding carboxylic acids is 1. The third-order valence-corrected chi connectivity index (χ3v) is 5.01. The van der Waals surface area contributed by atoms with Crippen molar-refractivity contribution in [2.24, 2.45) is 11.1 Å². The van der Waals surface area contributed by atoms with Crippen LogP contribution >= 0.6 is 0 Å². The Bertz CT molecular complexity index is 296. The highest BCUT2D eigenvalue weighted by molar-refractivity contribution is 5.84. The van der Waals surface area contributed by atoms with Gasteiger partial charge >= 0.3 is 0 Å². The summed E-state index contributed by atoms with van der Waals surface area (Å²) in [5.41, 5.74) is 5.66. The van der Waals surface area contributed by atoms with Gasteiger partial charge in [-0.3, -0.25) is 4.79 Å². The van der Waals surface area contributed by atoms with E-state index in [-0.39, 0.29) is 5.91 Å². The summed E-state index contributed by atoms with van der Waals surface area (Å²) < 4.78 is 0. The number of amides is 1. The zero-order valence-electron chi connectivity index (χ0n) is 11.9. The second-order valence-electron chi connectivity index (χ2n) is 7.09. The molecular weight excluding hydrogens is 224 g/mol. The molecule has 3 heteroatoms. The van der Waals surface area contributed by atoms with Gasteiger partial charge in [0.2, 0.25) is 5.91 Å². The minimum absolute atomic E-state index is 0.136. The SMILES string of the molecule is CC1(C)CCC(NC2CCCCC2)(C(N)=O)CC1. The summed E-state index contributed by atoms with van der Waals surface area (Å²) in [6, 6.07) is 0.507. The molecule has 2 fully saturated rings. The molecule has 0 aromatic carbocycles. The van der Waals surface area contributed by atoms with E-state index < -0.39 is 5.54 Å². The van der Waals surface area contributed by atoms with Gasteiger partial charge < -0.3 is 11.1 Å². The van der Waals surface area contributed by atoms with Crippen LogP contribution in [0.4, 0.5) is 0 Å². The minimum atomic E-state index is -0.419. The van der Waals surface area contributed by atoms with Crippen molar-refractivity contribution < 1.29 is 4.79 Å². The van der Waals surface area contributed by atoms with Gasteiger partial charge in [0.05, 0.1) is 5.54 Å². The molecule has 0 bridgehead atoms. The number of hydrogen-bond donors (Lipinski definition) is 2. The molecular formula is C15H28N2O. The van der Waals surface area contributed by atoms with Crippen LogP contribution in [-0.4, -0.2) is 17.5 Å². The Kier molecular flexibility index (Phi) is 4.00. The quantitative estimate of drug-likeness (QED) is 0.811. The van der Waals surface area contributed by atoms with E-state index in [4.69, 9.17) is 5.73 Å². The zero-order chi connectivity index (χ0) is 13.2. The molecule has 2 rings (SSSR count). The first-order valence-electron chi connectivity index (χ1n) is 7.51. The van der Waals surface area contributed by atoms with E-state index in [1.807, 2.05) is 0 Å². The lowest BCUT2D eigenvalue weighted by Crippen LogP contribution is -2.61. The van der Waals surface area contributed by atoms with Crippen LogP contribution in [0.2, 0.25) is 0 Å². The predicted octanol–water partition coefficient (Wildman–Crippen LogP) is 2.73. The summed E-state index contributed by atoms with van der Waals surface area (Å²) in [6.45, 7) is 4.58. The Morgan fingerprint density at radius 2 is 1.61 bits per heavy atom. The lowest BCUT2D eigenvalue weighted by atomic mass is 9.68. The number of nitrogens with two attached hydrogens (primary N) is 1. The number of primary amides is 1. The standard InChI is InChI=1S/C15H28N2O/c1-14(2)8-10-15(11-9-14,13(16)18)17-12-6-4-3-5-7-12/h12,17H,3-11H2,1-2H3,(H2,16,18). The summed E-state index contributed by atoms with van der Waals surface area (Å²) in [7, 11) is 0. The molecule has 2 saturated carbocycles. The van der Waals surface area contributed by atoms with Gasteiger partial charge in [-0.05, 0) is 43.9 Å². The number of nitrogens with one attached hydrogen (secondary N) is 1. The molecule has 0 atom stereocenters. The van der Waals surface area contributed by atoms with E-state index in [0.717, 1.165) is 25.7 Å². The molecule has 0 unspecified atom stereocenters. The van der Waals surface area contributed by atoms with Gasteiger partial charge in [-0.2, -0.15) is 0 Å². The first kappa shape index (κ1) is 13.9. The smallest absolute Gasteiger partial charge is 0.237 e. The second-order valence-corrected chi connectivity index (χ2v) is 7.09. The van der Waals surface area contributed by atoms with Crippen LogP contribution in [0.3, 0.4) is 0 Å². The van der Waals surface area contributed by atoms with Crippen molar-refractivity contribution in [1.82, 2.24) is 5.32 Å². The van der Waals surface area contributed by atoms with Crippen LogP contribution in [0.25, 0.3) is 0 Å². The molecule has 0 aromatic rings. The maximum Gasteiger partial charge on any atom is 0.237 e. The van der Waals surface area contributed by atoms with E-state index in [0.29, 0.717) is 11.5 Å². The minimum Gasteiger partial charge on any atom is -0.368 e. The van der Waals surface area contributed by atoms with E-state index in [1.54, 1.807) is 0 Å². The van der Waals surface area contributed by atoms with Crippen molar-refractivity contribution in [3.8, 4) is 0 Å². The van der Waals surface area contributed by atoms with E-state index in [2.05, 4.69) is 19.2 Å². The van der Waals surface area contributed by atoms with Crippen LogP contribution < -0.4 is 11.1 Å². The molecule has 18 heavy (non-hydrogen) atoms. The Morgan fingerprint density at radius 3 is 2.11 bits per heavy atom. The third-order valence-electron chi connectivity index (χ3n) is 5.01. The fraction of sp³-hybridized carbons (Fsp3) is 0.933. The molecule has 2 aliphatic rings. The normalized spacial score (nSPS) is 27.9. The van der Waals surface area contributed by atoms with Crippen LogP contribution in [-0.2, 0) is 4.79 Å². The fourth-order valence-corrected chi connectivity index (χ4v) is 3.45. The maximum absolute atomic E-state index is 11.9. The average Bonchev–Trinajstić information content (AvgIpc) is 2.33. The van der Waals surface area contributed by atoms with Crippen molar-refractivity contribution in [1.29, 1.82) is 0 Å². The maximum atomic E-state index is 11.9. The van der Waals surface area contributed by atoms with E-state index in [9.17, 15) is 4.79 Å². The average molecular weight is 252 g/mol. The van der Waals surface area contributed by atoms with Gasteiger partial charge in [0.25, 0.3) is 0 Å². The topological polar surface area (TPSA) is 55.1 Å². The van der Waals surface area contributed by atoms with Crippen LogP contribution in [0.1, 0.15) is 71.6 Å². The summed E-state index contributed by atoms with van der Waals surface area (Å²) in [6.07, 6.45) is 10.3. The molecule has 104 valence electrons. The van der Waals surface area contributed by atoms with Crippen molar-refractivity contribution in [3.63, 3.8) is 0 Å². The number of rotatable bonds is 3. The first-order valence-corrected chi connectivity index (χ1v) is 7.51. The molecule has 1 amide bonds. The highest BCUT2D eigenvalue weighted by Crippen LogP contribution is 2.40. The Hall–Kier alpha value is -0.570. The lowest BCUT2D eigenvalue weighted by Gasteiger charge is -2.44. The molecule has 0 aliphatic heterocycles. The monoisotopic (exact) mass is 252 g/mol. The molecule has 2 aliphatic carbocycles. The summed E-state index contributed by atoms with van der Waals surface area (Å²) >= 11 is 0. The second kappa shape index (κ2) is 5.20. The summed E-state index contributed by atoms with van der Waals surface area (Å²) in [5, 5.41) is 3.63. The first-order chi connectivity index (χ1) is 8.44. The molecule has 0 aromatic heterocycles. The van der Waals surface area contributed by atoms with Gasteiger partial charge in [-0.15, -0.1) is 0 Å². The highest BCUT2D eigenvalue weighted by Gasteiger charge is 2.43. The van der Waals surface area contributed by atoms with Gasteiger partial charge in [0, 0.05) is 6.04 Å². The fourth-order valence-electron chi connectivity index (χ4n) is 3.45. The highest BCUT2D eigenvalue weighted by atomic mass is 16.1. The lowest BCUT2D eigenvalue weighted by molar-refractivity contribution is -0.127. The van der Waals surface area contributed by atoms with Crippen LogP contribution in [0.5, 0.6) is 0 Å². The molecule has 3 N–H and O–H groups in total. The number of hydrogen-bond acceptors (Lipinski definition) is 2. The van der Waals surface area contributed by atoms with Gasteiger partial charge in [0.15, 0.2) is 0 Å². The van der Waals surface area contributed by atoms with Gasteiger partial charge in [0.1, 0.15) is 0 Å². The van der Waals surface area contributed by atoms with E-state index in [1.165, 1.54) is 32.1 Å². The van der Waals surface area contributed by atoms with Crippen molar-refractivity contribution in [2.75, 3.05) is 0 Å². The number of carbonyl (C=O) groups is 1. The van der Waals surface area contributed by atoms with Crippen molar-refractivity contribution in [3.05, 3.63) is 0 Å². The summed E-state index contributed by atoms with van der Waals surface area (Å²) in [4.78, 5) is 11.9. The van der Waals surface area contributed by atoms with Gasteiger partial charge in [-0.1, -0.05) is 33.1 Å². The predicted molar refractivity (Wildman–Crippen MR) is 74.2 cm³/mol. The summed E-state index contributed by atoms with van der Waals surface area (Å²) in [5.74, 6) is -0.136. The largest absolute Gasteiger partial charge is 0.368 e. The zero-order valence-corrected chi connectivity index (χ0v) is 11.9. The molecule has 3 nitrogen and oxygen atoms in total. The van der Waals surface area contributed by atoms with Crippen molar-refractivity contribution >= 4 is 5.91 Å². The Labute approximate surface area is 111 Å². The van der Waals surface area contributed by atoms with Crippen LogP contribution in [0, 0.1) is 5.41 Å². The van der Waals surface area contributed by atoms with Crippen molar-refractivity contribution in [2.45, 2.75) is 83.2 Å². The molecule has 0 heterocycles. The third kappa shape index (κ3) is 3.05. The molecule has 0 saturated heterocycles. The van der Waals surface area contributed by atoms with E-state index >= 15 is 0 Å². The van der Waals surface area contributed by atoms with Gasteiger partial charge in [-0.25, -0.2) is 0 Å². The molecule has 0 spiro atoms.